The number of nitrogens with one attached hydrogen (secondary N) is 2. The van der Waals surface area contributed by atoms with Crippen LogP contribution in [-0.4, -0.2) is 35.1 Å². The van der Waals surface area contributed by atoms with Gasteiger partial charge in [0.2, 0.25) is 15.9 Å². The van der Waals surface area contributed by atoms with Crippen molar-refractivity contribution in [2.75, 3.05) is 5.32 Å². The fourth-order valence-electron chi connectivity index (χ4n) is 4.05. The number of nitro benzene ring substituents is 1. The molecule has 0 spiro atoms. The number of benzene rings is 3. The predicted octanol–water partition coefficient (Wildman–Crippen LogP) is 5.58. The zero-order chi connectivity index (χ0) is 30.1. The number of non-ortho nitro benzene ring substituents is 1. The molecule has 0 aliphatic carbocycles. The number of aromatic nitrogens is 2. The number of anilines is 1. The number of carbonyl (C=O) groups is 1. The Bertz CT molecular complexity index is 1750. The van der Waals surface area contributed by atoms with Crippen LogP contribution in [0.2, 0.25) is 0 Å². The lowest BCUT2D eigenvalue weighted by Gasteiger charge is -2.16. The van der Waals surface area contributed by atoms with E-state index in [0.29, 0.717) is 11.4 Å². The van der Waals surface area contributed by atoms with Crippen molar-refractivity contribution < 1.29 is 27.3 Å². The molecule has 0 fully saturated rings. The minimum atomic E-state index is -4.24. The van der Waals surface area contributed by atoms with Crippen LogP contribution in [0.4, 0.5) is 15.8 Å². The van der Waals surface area contributed by atoms with Crippen molar-refractivity contribution in [2.24, 2.45) is 0 Å². The summed E-state index contributed by atoms with van der Waals surface area (Å²) in [6.45, 7) is 8.56. The molecule has 0 saturated carbocycles. The van der Waals surface area contributed by atoms with E-state index in [1.807, 2.05) is 19.9 Å². The van der Waals surface area contributed by atoms with Crippen LogP contribution < -0.4 is 14.8 Å². The summed E-state index contributed by atoms with van der Waals surface area (Å²) in [4.78, 5) is 23.6. The second-order valence-electron chi connectivity index (χ2n) is 9.64. The van der Waals surface area contributed by atoms with Gasteiger partial charge in [0, 0.05) is 29.4 Å². The first-order valence-corrected chi connectivity index (χ1v) is 14.0. The van der Waals surface area contributed by atoms with E-state index < -0.39 is 43.3 Å². The molecule has 0 radical (unpaired) electrons. The van der Waals surface area contributed by atoms with Crippen molar-refractivity contribution in [2.45, 2.75) is 45.6 Å². The van der Waals surface area contributed by atoms with E-state index in [1.54, 1.807) is 32.9 Å². The van der Waals surface area contributed by atoms with Crippen molar-refractivity contribution in [1.29, 1.82) is 0 Å². The Labute approximate surface area is 236 Å². The minimum Gasteiger partial charge on any atom is -0.437 e. The second kappa shape index (κ2) is 11.5. The van der Waals surface area contributed by atoms with Crippen LogP contribution >= 0.6 is 0 Å². The number of nitro groups is 1. The van der Waals surface area contributed by atoms with E-state index in [4.69, 9.17) is 4.74 Å². The summed E-state index contributed by atoms with van der Waals surface area (Å²) in [5, 5.41) is 18.6. The fourth-order valence-corrected chi connectivity index (χ4v) is 5.45. The number of hydrogen-bond donors (Lipinski definition) is 2. The lowest BCUT2D eigenvalue weighted by atomic mass is 10.1. The third-order valence-corrected chi connectivity index (χ3v) is 7.89. The molecule has 1 aromatic heterocycles. The van der Waals surface area contributed by atoms with E-state index in [9.17, 15) is 27.7 Å². The van der Waals surface area contributed by atoms with Gasteiger partial charge in [0.1, 0.15) is 16.5 Å². The van der Waals surface area contributed by atoms with Gasteiger partial charge in [-0.3, -0.25) is 14.9 Å². The molecule has 1 heterocycles. The number of ether oxygens (including phenoxy) is 1. The van der Waals surface area contributed by atoms with Crippen LogP contribution in [0, 0.1) is 36.7 Å². The van der Waals surface area contributed by atoms with Gasteiger partial charge in [0.05, 0.1) is 10.6 Å². The highest BCUT2D eigenvalue weighted by molar-refractivity contribution is 7.89. The zero-order valence-corrected chi connectivity index (χ0v) is 23.7. The molecule has 2 N–H and O–H groups in total. The lowest BCUT2D eigenvalue weighted by Crippen LogP contribution is -2.30. The molecule has 214 valence electrons. The van der Waals surface area contributed by atoms with E-state index in [0.717, 1.165) is 23.3 Å². The number of amides is 1. The maximum atomic E-state index is 13.4. The van der Waals surface area contributed by atoms with Gasteiger partial charge >= 0.3 is 0 Å². The van der Waals surface area contributed by atoms with Crippen molar-refractivity contribution in [3.63, 3.8) is 0 Å². The fraction of sp³-hybridized carbons (Fsp3) is 0.214. The molecule has 0 bridgehead atoms. The molecule has 0 aliphatic heterocycles. The molecule has 1 amide bonds. The number of sulfonamides is 1. The van der Waals surface area contributed by atoms with Gasteiger partial charge < -0.3 is 10.1 Å². The largest absolute Gasteiger partial charge is 0.437 e. The topological polar surface area (TPSA) is 145 Å². The average molecular weight is 582 g/mol. The number of halogens is 1. The first kappa shape index (κ1) is 29.4. The maximum absolute atomic E-state index is 13.4. The highest BCUT2D eigenvalue weighted by Gasteiger charge is 2.28. The number of nitrogens with zero attached hydrogens (tertiary/aromatic N) is 3. The van der Waals surface area contributed by atoms with Crippen molar-refractivity contribution >= 4 is 27.3 Å². The maximum Gasteiger partial charge on any atom is 0.276 e. The van der Waals surface area contributed by atoms with Crippen LogP contribution in [0.1, 0.15) is 41.0 Å². The smallest absolute Gasteiger partial charge is 0.276 e. The summed E-state index contributed by atoms with van der Waals surface area (Å²) in [7, 11) is -4.24. The average Bonchev–Trinajstić information content (AvgIpc) is 3.22. The van der Waals surface area contributed by atoms with Crippen LogP contribution in [0.3, 0.4) is 0 Å². The quantitative estimate of drug-likeness (QED) is 0.194. The summed E-state index contributed by atoms with van der Waals surface area (Å²) in [5.41, 5.74) is 2.45. The molecule has 11 nitrogen and oxygen atoms in total. The van der Waals surface area contributed by atoms with Gasteiger partial charge in [-0.05, 0) is 82.1 Å². The molecule has 4 rings (SSSR count). The Morgan fingerprint density at radius 3 is 2.37 bits per heavy atom. The van der Waals surface area contributed by atoms with Crippen LogP contribution in [0.5, 0.6) is 11.6 Å². The molecular weight excluding hydrogens is 553 g/mol. The molecule has 13 heteroatoms. The molecule has 41 heavy (non-hydrogen) atoms. The Morgan fingerprint density at radius 2 is 1.73 bits per heavy atom. The number of carbonyl (C=O) groups excluding carboxylic acids is 1. The highest BCUT2D eigenvalue weighted by atomic mass is 32.2. The third-order valence-electron chi connectivity index (χ3n) is 6.21. The normalized spacial score (nSPS) is 11.5. The Kier molecular flexibility index (Phi) is 8.22. The predicted molar refractivity (Wildman–Crippen MR) is 151 cm³/mol. The summed E-state index contributed by atoms with van der Waals surface area (Å²) in [6.07, 6.45) is 0. The van der Waals surface area contributed by atoms with Gasteiger partial charge in [0.15, 0.2) is 5.69 Å². The third kappa shape index (κ3) is 6.26. The first-order chi connectivity index (χ1) is 19.3. The molecular formula is C28H28FN5O6S. The SMILES string of the molecule is Cc1cccc(-n2nc(C(=O)Nc3ccc(F)cc3)c(C)c2Oc2ccc([N+](=O)[O-])cc2S(=O)(=O)NC(C)C)c1C. The molecule has 4 aromatic rings. The molecule has 0 aliphatic rings. The Balaban J connectivity index is 1.88. The molecule has 0 atom stereocenters. The molecule has 0 saturated heterocycles. The van der Waals surface area contributed by atoms with E-state index >= 15 is 0 Å². The number of hydrogen-bond acceptors (Lipinski definition) is 7. The summed E-state index contributed by atoms with van der Waals surface area (Å²) >= 11 is 0. The zero-order valence-electron chi connectivity index (χ0n) is 22.9. The van der Waals surface area contributed by atoms with E-state index in [2.05, 4.69) is 15.1 Å². The second-order valence-corrected chi connectivity index (χ2v) is 11.3. The number of aryl methyl sites for hydroxylation is 1. The van der Waals surface area contributed by atoms with E-state index in [-0.39, 0.29) is 22.9 Å². The summed E-state index contributed by atoms with van der Waals surface area (Å²) < 4.78 is 49.7. The van der Waals surface area contributed by atoms with Crippen molar-refractivity contribution in [3.05, 3.63) is 99.0 Å². The summed E-state index contributed by atoms with van der Waals surface area (Å²) in [5.74, 6) is -1.25. The van der Waals surface area contributed by atoms with Crippen molar-refractivity contribution in [3.8, 4) is 17.3 Å². The van der Waals surface area contributed by atoms with Gasteiger partial charge in [0.25, 0.3) is 11.6 Å². The van der Waals surface area contributed by atoms with Crippen molar-refractivity contribution in [1.82, 2.24) is 14.5 Å². The van der Waals surface area contributed by atoms with Gasteiger partial charge in [-0.25, -0.2) is 17.5 Å². The van der Waals surface area contributed by atoms with E-state index in [1.165, 1.54) is 35.0 Å². The van der Waals surface area contributed by atoms with Gasteiger partial charge in [-0.1, -0.05) is 12.1 Å². The van der Waals surface area contributed by atoms with Crippen LogP contribution in [-0.2, 0) is 10.0 Å². The summed E-state index contributed by atoms with van der Waals surface area (Å²) in [6, 6.07) is 13.4. The van der Waals surface area contributed by atoms with Crippen LogP contribution in [0.15, 0.2) is 65.6 Å². The first-order valence-electron chi connectivity index (χ1n) is 12.5. The monoisotopic (exact) mass is 581 g/mol. The minimum absolute atomic E-state index is 0.0257. The lowest BCUT2D eigenvalue weighted by molar-refractivity contribution is -0.385. The van der Waals surface area contributed by atoms with Gasteiger partial charge in [-0.2, -0.15) is 9.78 Å². The van der Waals surface area contributed by atoms with Gasteiger partial charge in [-0.15, -0.1) is 0 Å². The molecule has 0 unspecified atom stereocenters. The highest BCUT2D eigenvalue weighted by Crippen LogP contribution is 2.36. The molecule has 3 aromatic carbocycles. The standard InChI is InChI=1S/C28H28FN5O6S/c1-16(2)32-41(38,39)25-15-22(34(36)37)13-14-24(25)40-28-19(5)26(27(35)30-21-11-9-20(29)10-12-21)31-33(28)23-8-6-7-17(3)18(23)4/h6-16,32H,1-5H3,(H,30,35). The Hall–Kier alpha value is -4.62. The van der Waals surface area contributed by atoms with Crippen LogP contribution in [0.25, 0.3) is 5.69 Å². The number of rotatable bonds is 9. The Morgan fingerprint density at radius 1 is 1.05 bits per heavy atom.